The van der Waals surface area contributed by atoms with Crippen LogP contribution in [-0.2, 0) is 24.7 Å². The Labute approximate surface area is 177 Å². The molecule has 0 aliphatic carbocycles. The summed E-state index contributed by atoms with van der Waals surface area (Å²) >= 11 is 0. The highest BCUT2D eigenvalue weighted by molar-refractivity contribution is 7.82. The summed E-state index contributed by atoms with van der Waals surface area (Å²) in [6, 6.07) is 6.66. The Balaban J connectivity index is 2.24. The van der Waals surface area contributed by atoms with Gasteiger partial charge in [-0.3, -0.25) is 0 Å². The monoisotopic (exact) mass is 448 g/mol. The fraction of sp³-hybridized carbons (Fsp3) is 0.700. The normalized spacial score (nSPS) is 28.4. The van der Waals surface area contributed by atoms with Crippen LogP contribution in [0.15, 0.2) is 24.3 Å². The number of hydrogen-bond acceptors (Lipinski definition) is 9. The molecule has 0 aromatic heterocycles. The van der Waals surface area contributed by atoms with Crippen molar-refractivity contribution in [2.75, 3.05) is 6.61 Å². The highest BCUT2D eigenvalue weighted by Gasteiger charge is 2.46. The maximum absolute atomic E-state index is 12.5. The molecule has 1 heterocycles. The molecule has 1 aromatic rings. The van der Waals surface area contributed by atoms with E-state index in [0.717, 1.165) is 6.42 Å². The van der Waals surface area contributed by atoms with Crippen LogP contribution in [0.25, 0.3) is 0 Å². The molecule has 172 valence electrons. The van der Waals surface area contributed by atoms with Crippen molar-refractivity contribution >= 4 is 10.4 Å². The second kappa shape index (κ2) is 9.07. The molecule has 1 saturated heterocycles. The van der Waals surface area contributed by atoms with Crippen molar-refractivity contribution in [1.29, 1.82) is 0 Å². The fourth-order valence-electron chi connectivity index (χ4n) is 3.91. The van der Waals surface area contributed by atoms with Crippen LogP contribution in [0.2, 0.25) is 0 Å². The number of aliphatic hydroxyl groups excluding tert-OH is 4. The fourth-order valence-corrected chi connectivity index (χ4v) is 4.71. The summed E-state index contributed by atoms with van der Waals surface area (Å²) in [7, 11) is -4.73. The quantitative estimate of drug-likeness (QED) is 0.477. The molecule has 0 radical (unpaired) electrons. The van der Waals surface area contributed by atoms with Gasteiger partial charge >= 0.3 is 10.4 Å². The van der Waals surface area contributed by atoms with E-state index < -0.39 is 53.1 Å². The first-order valence-corrected chi connectivity index (χ1v) is 11.0. The van der Waals surface area contributed by atoms with Crippen molar-refractivity contribution in [1.82, 2.24) is 0 Å². The molecule has 9 nitrogen and oxygen atoms in total. The second-order valence-electron chi connectivity index (χ2n) is 9.40. The maximum Gasteiger partial charge on any atom is 0.451 e. The highest BCUT2D eigenvalue weighted by Crippen LogP contribution is 2.40. The Kier molecular flexibility index (Phi) is 7.56. The summed E-state index contributed by atoms with van der Waals surface area (Å²) in [6.45, 7) is 9.48. The Hall–Kier alpha value is -1.27. The van der Waals surface area contributed by atoms with Crippen LogP contribution in [0.4, 0.5) is 0 Å². The van der Waals surface area contributed by atoms with E-state index in [1.807, 2.05) is 13.8 Å². The first-order chi connectivity index (χ1) is 13.7. The minimum absolute atomic E-state index is 0.0255. The lowest BCUT2D eigenvalue weighted by molar-refractivity contribution is -0.277. The Morgan fingerprint density at radius 2 is 1.60 bits per heavy atom. The first kappa shape index (κ1) is 25.0. The number of hydrogen-bond donors (Lipinski definition) is 4. The summed E-state index contributed by atoms with van der Waals surface area (Å²) in [5.74, 6) is 0.0661. The molecule has 30 heavy (non-hydrogen) atoms. The molecule has 4 N–H and O–H groups in total. The van der Waals surface area contributed by atoms with E-state index in [-0.39, 0.29) is 11.2 Å². The van der Waals surface area contributed by atoms with Gasteiger partial charge in [0.25, 0.3) is 0 Å². The third-order valence-electron chi connectivity index (χ3n) is 4.84. The van der Waals surface area contributed by atoms with Gasteiger partial charge in [0.15, 0.2) is 0 Å². The van der Waals surface area contributed by atoms with E-state index in [1.54, 1.807) is 18.2 Å². The zero-order chi connectivity index (χ0) is 22.9. The van der Waals surface area contributed by atoms with E-state index in [0.29, 0.717) is 5.56 Å². The summed E-state index contributed by atoms with van der Waals surface area (Å²) in [5, 5.41) is 38.8. The second-order valence-corrected chi connectivity index (χ2v) is 10.6. The molecule has 1 aliphatic heterocycles. The van der Waals surface area contributed by atoms with Crippen molar-refractivity contribution in [2.24, 2.45) is 5.41 Å². The van der Waals surface area contributed by atoms with Crippen LogP contribution < -0.4 is 4.18 Å². The summed E-state index contributed by atoms with van der Waals surface area (Å²) in [6.07, 6.45) is -7.69. The molecule has 1 fully saturated rings. The van der Waals surface area contributed by atoms with Gasteiger partial charge in [0.05, 0.1) is 6.61 Å². The number of para-hydroxylation sites is 1. The van der Waals surface area contributed by atoms with E-state index in [1.165, 1.54) is 6.07 Å². The molecule has 1 aromatic carbocycles. The molecular weight excluding hydrogens is 416 g/mol. The minimum atomic E-state index is -4.73. The van der Waals surface area contributed by atoms with Crippen molar-refractivity contribution in [3.05, 3.63) is 29.8 Å². The topological polar surface area (TPSA) is 143 Å². The predicted octanol–water partition coefficient (Wildman–Crippen LogP) is 0.840. The van der Waals surface area contributed by atoms with Crippen molar-refractivity contribution < 1.29 is 41.9 Å². The van der Waals surface area contributed by atoms with Gasteiger partial charge in [0, 0.05) is 5.56 Å². The number of rotatable bonds is 7. The van der Waals surface area contributed by atoms with Crippen LogP contribution in [0, 0.1) is 5.41 Å². The number of aliphatic hydroxyl groups is 4. The van der Waals surface area contributed by atoms with Crippen LogP contribution in [-0.4, -0.2) is 66.2 Å². The lowest BCUT2D eigenvalue weighted by Crippen LogP contribution is -2.59. The average molecular weight is 449 g/mol. The van der Waals surface area contributed by atoms with Gasteiger partial charge in [-0.15, -0.1) is 0 Å². The largest absolute Gasteiger partial charge is 0.451 e. The summed E-state index contributed by atoms with van der Waals surface area (Å²) in [5.41, 5.74) is 0.205. The SMILES string of the molecule is CC(C)(C)CC(C)(C)c1ccccc1OS(=O)(=O)O[C@@H]1O[C@H](CO)[C@@H](O)[C@H](O)[C@H]1O. The minimum Gasteiger partial charge on any atom is -0.394 e. The molecule has 0 amide bonds. The van der Waals surface area contributed by atoms with Gasteiger partial charge in [0.1, 0.15) is 30.2 Å². The van der Waals surface area contributed by atoms with E-state index in [2.05, 4.69) is 20.8 Å². The van der Waals surface area contributed by atoms with E-state index in [9.17, 15) is 28.8 Å². The standard InChI is InChI=1S/C20H32O9S/c1-19(2,3)11-20(4,5)12-8-6-7-9-13(12)28-30(25,26)29-18-17(24)16(23)15(22)14(10-21)27-18/h6-9,14-18,21-24H,10-11H2,1-5H3/t14-,15-,16+,17-,18+/m1/s1. The Bertz CT molecular complexity index is 814. The third kappa shape index (κ3) is 6.13. The predicted molar refractivity (Wildman–Crippen MR) is 108 cm³/mol. The lowest BCUT2D eigenvalue weighted by atomic mass is 9.72. The van der Waals surface area contributed by atoms with Gasteiger partial charge in [0.2, 0.25) is 6.29 Å². The van der Waals surface area contributed by atoms with E-state index in [4.69, 9.17) is 13.1 Å². The van der Waals surface area contributed by atoms with Crippen LogP contribution in [0.3, 0.4) is 0 Å². The number of benzene rings is 1. The molecular formula is C20H32O9S. The number of ether oxygens (including phenoxy) is 1. The Morgan fingerprint density at radius 1 is 1.00 bits per heavy atom. The smallest absolute Gasteiger partial charge is 0.394 e. The summed E-state index contributed by atoms with van der Waals surface area (Å²) in [4.78, 5) is 0. The maximum atomic E-state index is 12.5. The molecule has 1 aliphatic rings. The lowest BCUT2D eigenvalue weighted by Gasteiger charge is -2.38. The molecule has 5 atom stereocenters. The molecule has 0 spiro atoms. The van der Waals surface area contributed by atoms with Gasteiger partial charge < -0.3 is 29.3 Å². The summed E-state index contributed by atoms with van der Waals surface area (Å²) < 4.78 is 40.1. The van der Waals surface area contributed by atoms with Gasteiger partial charge in [-0.2, -0.15) is 8.42 Å². The Morgan fingerprint density at radius 3 is 2.17 bits per heavy atom. The zero-order valence-electron chi connectivity index (χ0n) is 17.8. The molecule has 0 bridgehead atoms. The molecule has 2 rings (SSSR count). The highest BCUT2D eigenvalue weighted by atomic mass is 32.3. The third-order valence-corrected chi connectivity index (χ3v) is 5.65. The van der Waals surface area contributed by atoms with Crippen molar-refractivity contribution in [3.8, 4) is 5.75 Å². The first-order valence-electron chi connectivity index (χ1n) is 9.69. The van der Waals surface area contributed by atoms with Crippen molar-refractivity contribution in [2.45, 2.75) is 77.2 Å². The molecule has 0 saturated carbocycles. The molecule has 0 unspecified atom stereocenters. The van der Waals surface area contributed by atoms with Crippen LogP contribution in [0.1, 0.15) is 46.6 Å². The van der Waals surface area contributed by atoms with Gasteiger partial charge in [-0.1, -0.05) is 52.8 Å². The van der Waals surface area contributed by atoms with E-state index >= 15 is 0 Å². The van der Waals surface area contributed by atoms with Gasteiger partial charge in [-0.25, -0.2) is 4.18 Å². The van der Waals surface area contributed by atoms with Crippen LogP contribution >= 0.6 is 0 Å². The van der Waals surface area contributed by atoms with Crippen molar-refractivity contribution in [3.63, 3.8) is 0 Å². The van der Waals surface area contributed by atoms with Crippen LogP contribution in [0.5, 0.6) is 5.75 Å². The average Bonchev–Trinajstić information content (AvgIpc) is 2.60. The zero-order valence-corrected chi connectivity index (χ0v) is 18.7. The molecule has 10 heteroatoms. The van der Waals surface area contributed by atoms with Gasteiger partial charge in [-0.05, 0) is 23.3 Å².